The van der Waals surface area contributed by atoms with Crippen LogP contribution in [0, 0.1) is 0 Å². The van der Waals surface area contributed by atoms with Gasteiger partial charge in [0.1, 0.15) is 0 Å². The van der Waals surface area contributed by atoms with Crippen LogP contribution in [0.15, 0.2) is 249 Å². The van der Waals surface area contributed by atoms with Gasteiger partial charge >= 0.3 is 0 Å². The largest absolute Gasteiger partial charge is 0.310 e. The third-order valence-electron chi connectivity index (χ3n) is 13.0. The van der Waals surface area contributed by atoms with Crippen molar-refractivity contribution >= 4 is 48.6 Å². The van der Waals surface area contributed by atoms with Crippen molar-refractivity contribution in [1.29, 1.82) is 0 Å². The van der Waals surface area contributed by atoms with Gasteiger partial charge in [-0.1, -0.05) is 200 Å². The molecule has 1 aromatic heterocycles. The summed E-state index contributed by atoms with van der Waals surface area (Å²) < 4.78 is 2.65. The lowest BCUT2D eigenvalue weighted by molar-refractivity contribution is 0.769. The zero-order valence-electron chi connectivity index (χ0n) is 34.5. The van der Waals surface area contributed by atoms with Gasteiger partial charge in [-0.25, -0.2) is 0 Å². The van der Waals surface area contributed by atoms with Crippen molar-refractivity contribution in [3.8, 4) is 44.5 Å². The first-order chi connectivity index (χ1) is 31.3. The highest BCUT2D eigenvalue weighted by atomic mass is 32.1. The molecule has 1 aliphatic rings. The molecular formula is C61H41NS. The average Bonchev–Trinajstić information content (AvgIpc) is 3.90. The lowest BCUT2D eigenvalue weighted by Crippen LogP contribution is -2.28. The van der Waals surface area contributed by atoms with Crippen LogP contribution in [0.5, 0.6) is 0 Å². The molecule has 1 nitrogen and oxygen atoms in total. The number of nitrogens with zero attached hydrogens (tertiary/aromatic N) is 1. The van der Waals surface area contributed by atoms with Crippen LogP contribution in [0.25, 0.3) is 64.7 Å². The highest BCUT2D eigenvalue weighted by Gasteiger charge is 2.46. The number of thiophene rings is 1. The maximum atomic E-state index is 2.48. The molecule has 11 aromatic rings. The highest BCUT2D eigenvalue weighted by Crippen LogP contribution is 2.57. The summed E-state index contributed by atoms with van der Waals surface area (Å²) in [6, 6.07) is 91.5. The molecule has 12 rings (SSSR count). The second kappa shape index (κ2) is 15.3. The fraction of sp³-hybridized carbons (Fsp3) is 0.0164. The van der Waals surface area contributed by atoms with Gasteiger partial charge < -0.3 is 4.90 Å². The Morgan fingerprint density at radius 1 is 0.302 bits per heavy atom. The Hall–Kier alpha value is -7.78. The van der Waals surface area contributed by atoms with Gasteiger partial charge in [0.25, 0.3) is 0 Å². The smallest absolute Gasteiger partial charge is 0.0713 e. The molecule has 0 N–H and O–H groups in total. The second-order valence-electron chi connectivity index (χ2n) is 16.4. The molecule has 63 heavy (non-hydrogen) atoms. The topological polar surface area (TPSA) is 3.24 Å². The molecule has 0 aliphatic heterocycles. The maximum Gasteiger partial charge on any atom is 0.0713 e. The zero-order valence-corrected chi connectivity index (χ0v) is 35.3. The third-order valence-corrected chi connectivity index (χ3v) is 14.2. The molecule has 0 unspecified atom stereocenters. The van der Waals surface area contributed by atoms with Crippen molar-refractivity contribution in [3.63, 3.8) is 0 Å². The average molecular weight is 820 g/mol. The van der Waals surface area contributed by atoms with E-state index in [-0.39, 0.29) is 0 Å². The van der Waals surface area contributed by atoms with E-state index in [0.29, 0.717) is 0 Å². The number of rotatable bonds is 8. The quantitative estimate of drug-likeness (QED) is 0.148. The van der Waals surface area contributed by atoms with Crippen LogP contribution in [-0.4, -0.2) is 0 Å². The molecule has 0 radical (unpaired) electrons. The molecule has 1 heterocycles. The van der Waals surface area contributed by atoms with Gasteiger partial charge in [-0.15, -0.1) is 11.3 Å². The third kappa shape index (κ3) is 6.06. The molecule has 0 fully saturated rings. The number of fused-ring (bicyclic) bond motifs is 6. The first-order valence-corrected chi connectivity index (χ1v) is 22.5. The van der Waals surface area contributed by atoms with Gasteiger partial charge in [0.05, 0.1) is 5.41 Å². The lowest BCUT2D eigenvalue weighted by atomic mass is 9.67. The predicted molar refractivity (Wildman–Crippen MR) is 268 cm³/mol. The monoisotopic (exact) mass is 819 g/mol. The summed E-state index contributed by atoms with van der Waals surface area (Å²) in [5.74, 6) is 0. The van der Waals surface area contributed by atoms with Crippen molar-refractivity contribution < 1.29 is 0 Å². The fourth-order valence-electron chi connectivity index (χ4n) is 10.2. The van der Waals surface area contributed by atoms with Gasteiger partial charge in [0, 0.05) is 37.2 Å². The minimum Gasteiger partial charge on any atom is -0.310 e. The van der Waals surface area contributed by atoms with E-state index < -0.39 is 5.41 Å². The molecule has 0 amide bonds. The molecule has 2 heteroatoms. The van der Waals surface area contributed by atoms with Crippen LogP contribution in [0.2, 0.25) is 0 Å². The molecule has 0 saturated heterocycles. The fourth-order valence-corrected chi connectivity index (χ4v) is 11.4. The van der Waals surface area contributed by atoms with E-state index in [1.807, 2.05) is 11.3 Å². The predicted octanol–water partition coefficient (Wildman–Crippen LogP) is 16.9. The highest BCUT2D eigenvalue weighted by molar-refractivity contribution is 7.26. The Bertz CT molecular complexity index is 3400. The molecule has 0 bridgehead atoms. The molecule has 10 aromatic carbocycles. The molecule has 1 aliphatic carbocycles. The van der Waals surface area contributed by atoms with Crippen molar-refractivity contribution in [2.75, 3.05) is 4.90 Å². The van der Waals surface area contributed by atoms with Crippen molar-refractivity contribution in [2.45, 2.75) is 5.41 Å². The summed E-state index contributed by atoms with van der Waals surface area (Å²) in [6.07, 6.45) is 0. The number of hydrogen-bond donors (Lipinski definition) is 0. The Morgan fingerprint density at radius 3 is 1.59 bits per heavy atom. The SMILES string of the molecule is c1ccc(-c2ccc(C3(c4ccccc4)c4ccccc4-c4ccccc43)cc2-c2cccc(N(c3ccccc3)c3ccc(-c4cccc5c4sc4ccccc45)cc3)c2)cc1. The summed E-state index contributed by atoms with van der Waals surface area (Å²) in [4.78, 5) is 2.38. The Kier molecular flexibility index (Phi) is 8.98. The zero-order chi connectivity index (χ0) is 41.7. The van der Waals surface area contributed by atoms with E-state index in [0.717, 1.165) is 22.6 Å². The molecule has 296 valence electrons. The summed E-state index contributed by atoms with van der Waals surface area (Å²) in [5, 5.41) is 2.63. The number of para-hydroxylation sites is 1. The van der Waals surface area contributed by atoms with E-state index in [1.54, 1.807) is 0 Å². The number of hydrogen-bond acceptors (Lipinski definition) is 2. The maximum absolute atomic E-state index is 2.48. The first kappa shape index (κ1) is 37.0. The first-order valence-electron chi connectivity index (χ1n) is 21.7. The van der Waals surface area contributed by atoms with Crippen molar-refractivity contribution in [2.24, 2.45) is 0 Å². The molecule has 0 atom stereocenters. The van der Waals surface area contributed by atoms with Crippen LogP contribution >= 0.6 is 11.3 Å². The van der Waals surface area contributed by atoms with Crippen LogP contribution in [0.1, 0.15) is 22.3 Å². The van der Waals surface area contributed by atoms with Crippen LogP contribution < -0.4 is 4.90 Å². The van der Waals surface area contributed by atoms with Gasteiger partial charge in [-0.05, 0) is 115 Å². The molecule has 0 spiro atoms. The van der Waals surface area contributed by atoms with Crippen LogP contribution in [-0.2, 0) is 5.41 Å². The number of benzene rings is 10. The van der Waals surface area contributed by atoms with E-state index >= 15 is 0 Å². The number of anilines is 3. The summed E-state index contributed by atoms with van der Waals surface area (Å²) >= 11 is 1.88. The van der Waals surface area contributed by atoms with E-state index in [1.165, 1.54) is 81.4 Å². The van der Waals surface area contributed by atoms with E-state index in [9.17, 15) is 0 Å². The van der Waals surface area contributed by atoms with Gasteiger partial charge in [-0.2, -0.15) is 0 Å². The minimum atomic E-state index is -0.506. The molecule has 0 saturated carbocycles. The van der Waals surface area contributed by atoms with Crippen LogP contribution in [0.4, 0.5) is 17.1 Å². The molecular weight excluding hydrogens is 779 g/mol. The normalized spacial score (nSPS) is 12.6. The van der Waals surface area contributed by atoms with Gasteiger partial charge in [0.15, 0.2) is 0 Å². The van der Waals surface area contributed by atoms with E-state index in [4.69, 9.17) is 0 Å². The summed E-state index contributed by atoms with van der Waals surface area (Å²) in [5.41, 5.74) is 17.7. The van der Waals surface area contributed by atoms with Gasteiger partial charge in [0.2, 0.25) is 0 Å². The van der Waals surface area contributed by atoms with Crippen molar-refractivity contribution in [3.05, 3.63) is 271 Å². The van der Waals surface area contributed by atoms with Gasteiger partial charge in [-0.3, -0.25) is 0 Å². The second-order valence-corrected chi connectivity index (χ2v) is 17.4. The van der Waals surface area contributed by atoms with Crippen LogP contribution in [0.3, 0.4) is 0 Å². The summed E-state index contributed by atoms with van der Waals surface area (Å²) in [7, 11) is 0. The Labute approximate surface area is 372 Å². The lowest BCUT2D eigenvalue weighted by Gasteiger charge is -2.34. The summed E-state index contributed by atoms with van der Waals surface area (Å²) in [6.45, 7) is 0. The standard InChI is InChI=1S/C61H41NS/c1-4-18-42(19-5-1)50-39-36-46(61(45-21-6-2-7-22-45)57-31-13-10-26-52(57)53-27-11-14-32-58(53)61)41-56(50)44-20-16-25-49(40-44)62(47-23-8-3-9-24-47)48-37-34-43(35-38-48)51-29-17-30-55-54-28-12-15-33-59(54)63-60(51)55/h1-41H. The minimum absolute atomic E-state index is 0.506. The van der Waals surface area contributed by atoms with E-state index in [2.05, 4.69) is 254 Å². The Morgan fingerprint density at radius 2 is 0.841 bits per heavy atom. The Balaban J connectivity index is 1.03. The van der Waals surface area contributed by atoms with Crippen molar-refractivity contribution in [1.82, 2.24) is 0 Å².